The molecule has 0 aliphatic heterocycles. The minimum atomic E-state index is -1.05. The van der Waals surface area contributed by atoms with E-state index in [1.807, 2.05) is 0 Å². The molecule has 0 aliphatic rings. The van der Waals surface area contributed by atoms with Crippen molar-refractivity contribution in [1.82, 2.24) is 0 Å². The van der Waals surface area contributed by atoms with Gasteiger partial charge in [-0.1, -0.05) is 51.9 Å². The third-order valence-electron chi connectivity index (χ3n) is 4.03. The Labute approximate surface area is 159 Å². The van der Waals surface area contributed by atoms with Gasteiger partial charge in [-0.25, -0.2) is 9.59 Å². The fourth-order valence-electron chi connectivity index (χ4n) is 2.60. The third kappa shape index (κ3) is 9.20. The molecule has 7 heteroatoms. The molecule has 1 heterocycles. The number of hydrogen-bond acceptors (Lipinski definition) is 5. The number of hydrogen-bond donors (Lipinski definition) is 2. The monoisotopic (exact) mass is 385 g/mol. The Balaban J connectivity index is 2.40. The number of rotatable bonds is 14. The summed E-state index contributed by atoms with van der Waals surface area (Å²) in [6.45, 7) is 2.64. The van der Waals surface area contributed by atoms with Gasteiger partial charge in [-0.3, -0.25) is 5.32 Å². The van der Waals surface area contributed by atoms with Crippen molar-refractivity contribution < 1.29 is 24.2 Å². The average molecular weight is 386 g/mol. The maximum atomic E-state index is 11.7. The standard InChI is InChI=1S/C19H31NO5S/c1-3-4-5-6-7-8-9-10-11-15-14-16(18(21)22)17(26-15)20-19(23)25-13-12-24-2/h14H,3-13H2,1-2H3,(H,20,23)(H,21,22). The summed E-state index contributed by atoms with van der Waals surface area (Å²) in [6, 6.07) is 1.65. The number of amides is 1. The summed E-state index contributed by atoms with van der Waals surface area (Å²) in [5.74, 6) is -1.05. The predicted molar refractivity (Wildman–Crippen MR) is 104 cm³/mol. The van der Waals surface area contributed by atoms with E-state index in [9.17, 15) is 14.7 Å². The van der Waals surface area contributed by atoms with Crippen LogP contribution in [-0.2, 0) is 15.9 Å². The van der Waals surface area contributed by atoms with Crippen molar-refractivity contribution in [2.75, 3.05) is 25.6 Å². The number of aromatic carboxylic acids is 1. The van der Waals surface area contributed by atoms with Crippen molar-refractivity contribution in [3.05, 3.63) is 16.5 Å². The first-order valence-corrected chi connectivity index (χ1v) is 10.2. The molecule has 0 unspecified atom stereocenters. The summed E-state index contributed by atoms with van der Waals surface area (Å²) in [6.07, 6.45) is 10.0. The Morgan fingerprint density at radius 1 is 1.08 bits per heavy atom. The highest BCUT2D eigenvalue weighted by molar-refractivity contribution is 7.16. The van der Waals surface area contributed by atoms with E-state index in [1.165, 1.54) is 57.0 Å². The molecule has 0 radical (unpaired) electrons. The Bertz CT molecular complexity index is 544. The highest BCUT2D eigenvalue weighted by Gasteiger charge is 2.17. The lowest BCUT2D eigenvalue weighted by molar-refractivity contribution is 0.0698. The van der Waals surface area contributed by atoms with E-state index in [4.69, 9.17) is 9.47 Å². The lowest BCUT2D eigenvalue weighted by atomic mass is 10.1. The zero-order chi connectivity index (χ0) is 19.2. The van der Waals surface area contributed by atoms with Gasteiger partial charge in [0.2, 0.25) is 0 Å². The molecule has 0 fully saturated rings. The Morgan fingerprint density at radius 3 is 2.35 bits per heavy atom. The van der Waals surface area contributed by atoms with Gasteiger partial charge in [-0.2, -0.15) is 0 Å². The molecule has 6 nitrogen and oxygen atoms in total. The molecule has 0 saturated carbocycles. The molecule has 0 atom stereocenters. The van der Waals surface area contributed by atoms with E-state index >= 15 is 0 Å². The van der Waals surface area contributed by atoms with E-state index < -0.39 is 12.1 Å². The summed E-state index contributed by atoms with van der Waals surface area (Å²) in [5.41, 5.74) is 0.119. The number of ether oxygens (including phenoxy) is 2. The van der Waals surface area contributed by atoms with Crippen LogP contribution in [0.25, 0.3) is 0 Å². The summed E-state index contributed by atoms with van der Waals surface area (Å²) in [4.78, 5) is 24.0. The van der Waals surface area contributed by atoms with Gasteiger partial charge < -0.3 is 14.6 Å². The molecule has 0 spiro atoms. The van der Waals surface area contributed by atoms with Crippen LogP contribution in [0.3, 0.4) is 0 Å². The van der Waals surface area contributed by atoms with E-state index in [1.54, 1.807) is 6.07 Å². The molecule has 2 N–H and O–H groups in total. The highest BCUT2D eigenvalue weighted by atomic mass is 32.1. The second-order valence-corrected chi connectivity index (χ2v) is 7.38. The number of carbonyl (C=O) groups is 2. The maximum Gasteiger partial charge on any atom is 0.412 e. The Morgan fingerprint density at radius 2 is 1.73 bits per heavy atom. The first-order chi connectivity index (χ1) is 12.6. The number of anilines is 1. The number of nitrogens with one attached hydrogen (secondary N) is 1. The van der Waals surface area contributed by atoms with Gasteiger partial charge in [-0.05, 0) is 18.9 Å². The molecule has 1 aromatic rings. The first kappa shape index (κ1) is 22.4. The van der Waals surface area contributed by atoms with Crippen LogP contribution in [0.1, 0.15) is 73.5 Å². The van der Waals surface area contributed by atoms with Crippen molar-refractivity contribution >= 4 is 28.4 Å². The second kappa shape index (κ2) is 13.6. The van der Waals surface area contributed by atoms with Crippen molar-refractivity contribution in [2.24, 2.45) is 0 Å². The van der Waals surface area contributed by atoms with Crippen molar-refractivity contribution in [3.8, 4) is 0 Å². The molecule has 26 heavy (non-hydrogen) atoms. The molecule has 1 rings (SSSR count). The largest absolute Gasteiger partial charge is 0.478 e. The van der Waals surface area contributed by atoms with E-state index in [0.717, 1.165) is 24.1 Å². The lowest BCUT2D eigenvalue weighted by Gasteiger charge is -2.05. The number of carboxylic acid groups (broad SMARTS) is 1. The molecular formula is C19H31NO5S. The van der Waals surface area contributed by atoms with Gasteiger partial charge in [0.15, 0.2) is 0 Å². The van der Waals surface area contributed by atoms with Gasteiger partial charge >= 0.3 is 12.1 Å². The highest BCUT2D eigenvalue weighted by Crippen LogP contribution is 2.29. The fourth-order valence-corrected chi connectivity index (χ4v) is 3.67. The molecule has 0 aliphatic carbocycles. The van der Waals surface area contributed by atoms with Crippen LogP contribution in [0.15, 0.2) is 6.07 Å². The van der Waals surface area contributed by atoms with Crippen LogP contribution in [0.4, 0.5) is 9.80 Å². The lowest BCUT2D eigenvalue weighted by Crippen LogP contribution is -2.17. The van der Waals surface area contributed by atoms with E-state index in [0.29, 0.717) is 11.6 Å². The number of carbonyl (C=O) groups excluding carboxylic acids is 1. The SMILES string of the molecule is CCCCCCCCCCc1cc(C(=O)O)c(NC(=O)OCCOC)s1. The van der Waals surface area contributed by atoms with E-state index in [-0.39, 0.29) is 12.2 Å². The number of methoxy groups -OCH3 is 1. The van der Waals surface area contributed by atoms with Gasteiger partial charge in [0.05, 0.1) is 12.2 Å². The van der Waals surface area contributed by atoms with E-state index in [2.05, 4.69) is 12.2 Å². The Kier molecular flexibility index (Phi) is 11.7. The van der Waals surface area contributed by atoms with Gasteiger partial charge in [0, 0.05) is 12.0 Å². The molecule has 1 aromatic heterocycles. The fraction of sp³-hybridized carbons (Fsp3) is 0.684. The summed E-state index contributed by atoms with van der Waals surface area (Å²) >= 11 is 1.31. The average Bonchev–Trinajstić information content (AvgIpc) is 3.00. The quantitative estimate of drug-likeness (QED) is 0.423. The molecular weight excluding hydrogens is 354 g/mol. The van der Waals surface area contributed by atoms with Gasteiger partial charge in [0.1, 0.15) is 11.6 Å². The molecule has 148 valence electrons. The van der Waals surface area contributed by atoms with Crippen LogP contribution in [0.5, 0.6) is 0 Å². The smallest absolute Gasteiger partial charge is 0.412 e. The van der Waals surface area contributed by atoms with Crippen molar-refractivity contribution in [2.45, 2.75) is 64.7 Å². The third-order valence-corrected chi connectivity index (χ3v) is 5.14. The predicted octanol–water partition coefficient (Wildman–Crippen LogP) is 5.32. The van der Waals surface area contributed by atoms with Crippen LogP contribution in [-0.4, -0.2) is 37.5 Å². The van der Waals surface area contributed by atoms with Gasteiger partial charge in [-0.15, -0.1) is 11.3 Å². The zero-order valence-corrected chi connectivity index (χ0v) is 16.7. The van der Waals surface area contributed by atoms with Crippen LogP contribution in [0.2, 0.25) is 0 Å². The minimum Gasteiger partial charge on any atom is -0.478 e. The molecule has 1 amide bonds. The van der Waals surface area contributed by atoms with Crippen LogP contribution >= 0.6 is 11.3 Å². The first-order valence-electron chi connectivity index (χ1n) is 9.37. The Hall–Kier alpha value is -1.60. The zero-order valence-electron chi connectivity index (χ0n) is 15.8. The molecule has 0 aromatic carbocycles. The molecule has 0 bridgehead atoms. The second-order valence-electron chi connectivity index (χ2n) is 6.24. The molecule has 0 saturated heterocycles. The van der Waals surface area contributed by atoms with Crippen molar-refractivity contribution in [3.63, 3.8) is 0 Å². The number of thiophene rings is 1. The topological polar surface area (TPSA) is 84.9 Å². The minimum absolute atomic E-state index is 0.119. The number of aryl methyl sites for hydroxylation is 1. The van der Waals surface area contributed by atoms with Crippen molar-refractivity contribution in [1.29, 1.82) is 0 Å². The maximum absolute atomic E-state index is 11.7. The summed E-state index contributed by atoms with van der Waals surface area (Å²) in [7, 11) is 1.51. The number of carboxylic acids is 1. The summed E-state index contributed by atoms with van der Waals surface area (Å²) < 4.78 is 9.73. The van der Waals surface area contributed by atoms with Crippen LogP contribution < -0.4 is 5.32 Å². The van der Waals surface area contributed by atoms with Gasteiger partial charge in [0.25, 0.3) is 0 Å². The number of unbranched alkanes of at least 4 members (excludes halogenated alkanes) is 7. The summed E-state index contributed by atoms with van der Waals surface area (Å²) in [5, 5.41) is 12.2. The van der Waals surface area contributed by atoms with Crippen LogP contribution in [0, 0.1) is 0 Å². The normalized spacial score (nSPS) is 10.7.